The van der Waals surface area contributed by atoms with Gasteiger partial charge in [-0.15, -0.1) is 0 Å². The summed E-state index contributed by atoms with van der Waals surface area (Å²) in [5.74, 6) is -0.271. The molecule has 1 spiro atoms. The lowest BCUT2D eigenvalue weighted by Gasteiger charge is -2.22. The van der Waals surface area contributed by atoms with Gasteiger partial charge in [0.2, 0.25) is 0 Å². The van der Waals surface area contributed by atoms with Gasteiger partial charge >= 0.3 is 6.09 Å². The van der Waals surface area contributed by atoms with Gasteiger partial charge in [-0.2, -0.15) is 0 Å². The number of likely N-dealkylation sites (tertiary alicyclic amines) is 1. The van der Waals surface area contributed by atoms with Crippen LogP contribution in [0.2, 0.25) is 0 Å². The Balaban J connectivity index is 1.57. The van der Waals surface area contributed by atoms with Crippen LogP contribution in [0.15, 0.2) is 10.9 Å². The Kier molecular flexibility index (Phi) is 3.40. The highest BCUT2D eigenvalue weighted by Gasteiger charge is 2.49. The van der Waals surface area contributed by atoms with Gasteiger partial charge < -0.3 is 19.5 Å². The van der Waals surface area contributed by atoms with Crippen LogP contribution in [-0.4, -0.2) is 59.1 Å². The number of fused-ring (bicyclic) bond motifs is 1. The van der Waals surface area contributed by atoms with E-state index in [2.05, 4.69) is 4.98 Å². The number of amides is 2. The molecule has 1 aromatic rings. The Labute approximate surface area is 139 Å². The fourth-order valence-corrected chi connectivity index (χ4v) is 4.03. The van der Waals surface area contributed by atoms with Crippen molar-refractivity contribution in [2.75, 3.05) is 26.7 Å². The van der Waals surface area contributed by atoms with Gasteiger partial charge in [0.1, 0.15) is 5.56 Å². The molecule has 4 rings (SSSR count). The zero-order valence-electron chi connectivity index (χ0n) is 13.8. The molecule has 3 heterocycles. The zero-order valence-corrected chi connectivity index (χ0v) is 13.8. The average molecular weight is 331 g/mol. The minimum Gasteiger partial charge on any atom is -0.439 e. The Bertz CT molecular complexity index is 772. The number of pyridine rings is 1. The van der Waals surface area contributed by atoms with Crippen molar-refractivity contribution in [3.05, 3.63) is 33.2 Å². The first-order chi connectivity index (χ1) is 11.5. The lowest BCUT2D eigenvalue weighted by atomic mass is 9.95. The van der Waals surface area contributed by atoms with E-state index in [4.69, 9.17) is 4.74 Å². The van der Waals surface area contributed by atoms with Crippen molar-refractivity contribution in [1.82, 2.24) is 14.8 Å². The van der Waals surface area contributed by atoms with E-state index in [0.29, 0.717) is 26.1 Å². The first-order valence-electron chi connectivity index (χ1n) is 8.46. The van der Waals surface area contributed by atoms with Gasteiger partial charge in [0.15, 0.2) is 5.60 Å². The predicted octanol–water partition coefficient (Wildman–Crippen LogP) is 0.920. The highest BCUT2D eigenvalue weighted by Crippen LogP contribution is 2.32. The van der Waals surface area contributed by atoms with Crippen LogP contribution >= 0.6 is 0 Å². The summed E-state index contributed by atoms with van der Waals surface area (Å²) < 4.78 is 5.47. The first kappa shape index (κ1) is 15.2. The molecule has 2 amide bonds. The molecule has 7 heteroatoms. The highest BCUT2D eigenvalue weighted by atomic mass is 16.6. The van der Waals surface area contributed by atoms with Crippen LogP contribution in [0.5, 0.6) is 0 Å². The van der Waals surface area contributed by atoms with Crippen molar-refractivity contribution in [3.8, 4) is 0 Å². The third-order valence-corrected chi connectivity index (χ3v) is 5.31. The van der Waals surface area contributed by atoms with Crippen LogP contribution < -0.4 is 5.56 Å². The largest absolute Gasteiger partial charge is 0.439 e. The Morgan fingerprint density at radius 1 is 1.25 bits per heavy atom. The number of hydrogen-bond donors (Lipinski definition) is 1. The van der Waals surface area contributed by atoms with E-state index in [0.717, 1.165) is 36.9 Å². The quantitative estimate of drug-likeness (QED) is 0.829. The molecule has 0 radical (unpaired) electrons. The molecule has 1 aliphatic carbocycles. The lowest BCUT2D eigenvalue weighted by Crippen LogP contribution is -2.40. The molecule has 3 aliphatic rings. The number of rotatable bonds is 1. The molecule has 1 N–H and O–H groups in total. The third kappa shape index (κ3) is 2.39. The molecule has 2 fully saturated rings. The fraction of sp³-hybridized carbons (Fsp3) is 0.588. The fourth-order valence-electron chi connectivity index (χ4n) is 4.03. The number of likely N-dealkylation sites (N-methyl/N-ethyl adjacent to an activating group) is 1. The maximum atomic E-state index is 12.8. The molecule has 0 unspecified atom stereocenters. The second kappa shape index (κ2) is 5.36. The van der Waals surface area contributed by atoms with Crippen LogP contribution in [0.4, 0.5) is 4.79 Å². The van der Waals surface area contributed by atoms with Gasteiger partial charge in [-0.25, -0.2) is 4.79 Å². The van der Waals surface area contributed by atoms with E-state index in [9.17, 15) is 14.4 Å². The molecular formula is C17H21N3O4. The molecule has 128 valence electrons. The number of hydrogen-bond acceptors (Lipinski definition) is 4. The Morgan fingerprint density at radius 3 is 2.79 bits per heavy atom. The summed E-state index contributed by atoms with van der Waals surface area (Å²) in [6, 6.07) is 1.76. The lowest BCUT2D eigenvalue weighted by molar-refractivity contribution is 0.0552. The molecule has 2 saturated heterocycles. The minimum absolute atomic E-state index is 0.199. The summed E-state index contributed by atoms with van der Waals surface area (Å²) in [4.78, 5) is 42.8. The summed E-state index contributed by atoms with van der Waals surface area (Å²) >= 11 is 0. The van der Waals surface area contributed by atoms with Gasteiger partial charge in [0.05, 0.1) is 13.1 Å². The van der Waals surface area contributed by atoms with Gasteiger partial charge in [0, 0.05) is 25.7 Å². The Morgan fingerprint density at radius 2 is 2.04 bits per heavy atom. The summed E-state index contributed by atoms with van der Waals surface area (Å²) in [6.45, 7) is 1.32. The molecule has 0 aromatic carbocycles. The van der Waals surface area contributed by atoms with E-state index in [-0.39, 0.29) is 23.1 Å². The molecule has 0 saturated carbocycles. The zero-order chi connectivity index (χ0) is 16.9. The van der Waals surface area contributed by atoms with Crippen molar-refractivity contribution < 1.29 is 14.3 Å². The number of nitrogens with one attached hydrogen (secondary N) is 1. The summed E-state index contributed by atoms with van der Waals surface area (Å²) in [5, 5.41) is 0. The van der Waals surface area contributed by atoms with Crippen molar-refractivity contribution in [3.63, 3.8) is 0 Å². The number of ether oxygens (including phenoxy) is 1. The maximum Gasteiger partial charge on any atom is 0.410 e. The maximum absolute atomic E-state index is 12.8. The number of aryl methyl sites for hydroxylation is 2. The van der Waals surface area contributed by atoms with E-state index >= 15 is 0 Å². The van der Waals surface area contributed by atoms with Gasteiger partial charge in [0.25, 0.3) is 11.5 Å². The van der Waals surface area contributed by atoms with Crippen LogP contribution in [0, 0.1) is 0 Å². The Hall–Kier alpha value is -2.31. The van der Waals surface area contributed by atoms with Crippen LogP contribution in [0.1, 0.15) is 40.9 Å². The predicted molar refractivity (Wildman–Crippen MR) is 86.1 cm³/mol. The number of carbonyl (C=O) groups is 2. The molecular weight excluding hydrogens is 310 g/mol. The molecule has 0 bridgehead atoms. The number of aromatic amines is 1. The third-order valence-electron chi connectivity index (χ3n) is 5.31. The summed E-state index contributed by atoms with van der Waals surface area (Å²) in [7, 11) is 1.69. The van der Waals surface area contributed by atoms with Crippen LogP contribution in [0.25, 0.3) is 0 Å². The molecule has 2 aliphatic heterocycles. The van der Waals surface area contributed by atoms with Crippen LogP contribution in [0.3, 0.4) is 0 Å². The van der Waals surface area contributed by atoms with Crippen molar-refractivity contribution in [2.24, 2.45) is 0 Å². The minimum atomic E-state index is -0.623. The second-order valence-corrected chi connectivity index (χ2v) is 7.11. The number of aromatic nitrogens is 1. The standard InChI is InChI=1S/C17H21N3O4/c1-19-9-17(24-16(19)23)6-7-20(10-17)15(22)12-8-11-4-2-3-5-13(11)18-14(12)21/h8H,2-7,9-10H2,1H3,(H,18,21)/t17-/m0/s1. The molecule has 1 aromatic heterocycles. The van der Waals surface area contributed by atoms with E-state index in [1.54, 1.807) is 18.0 Å². The van der Waals surface area contributed by atoms with Gasteiger partial charge in [-0.05, 0) is 37.3 Å². The smallest absolute Gasteiger partial charge is 0.410 e. The molecule has 7 nitrogen and oxygen atoms in total. The number of carbonyl (C=O) groups excluding carboxylic acids is 2. The molecule has 24 heavy (non-hydrogen) atoms. The number of H-pyrrole nitrogens is 1. The van der Waals surface area contributed by atoms with Crippen molar-refractivity contribution in [2.45, 2.75) is 37.7 Å². The summed E-state index contributed by atoms with van der Waals surface area (Å²) in [6.07, 6.45) is 4.19. The van der Waals surface area contributed by atoms with Crippen molar-refractivity contribution >= 4 is 12.0 Å². The first-order valence-corrected chi connectivity index (χ1v) is 8.46. The normalized spacial score (nSPS) is 26.0. The van der Waals surface area contributed by atoms with Gasteiger partial charge in [-0.3, -0.25) is 9.59 Å². The monoisotopic (exact) mass is 331 g/mol. The van der Waals surface area contributed by atoms with Crippen LogP contribution in [-0.2, 0) is 17.6 Å². The van der Waals surface area contributed by atoms with E-state index in [1.807, 2.05) is 0 Å². The topological polar surface area (TPSA) is 82.7 Å². The SMILES string of the molecule is CN1C[C@]2(CCN(C(=O)c3cc4c([nH]c3=O)CCCC4)C2)OC1=O. The van der Waals surface area contributed by atoms with E-state index in [1.165, 1.54) is 4.90 Å². The van der Waals surface area contributed by atoms with Gasteiger partial charge in [-0.1, -0.05) is 0 Å². The highest BCUT2D eigenvalue weighted by molar-refractivity contribution is 5.94. The number of nitrogens with zero attached hydrogens (tertiary/aromatic N) is 2. The molecule has 1 atom stereocenters. The van der Waals surface area contributed by atoms with Crippen molar-refractivity contribution in [1.29, 1.82) is 0 Å². The van der Waals surface area contributed by atoms with E-state index < -0.39 is 5.60 Å². The summed E-state index contributed by atoms with van der Waals surface area (Å²) in [5.41, 5.74) is 1.30. The second-order valence-electron chi connectivity index (χ2n) is 7.11. The average Bonchev–Trinajstić information content (AvgIpc) is 3.09.